The summed E-state index contributed by atoms with van der Waals surface area (Å²) < 4.78 is 5.21. The minimum atomic E-state index is 0. The molecule has 2 N–H and O–H groups in total. The minimum Gasteiger partial charge on any atom is -0.497 e. The fourth-order valence-electron chi connectivity index (χ4n) is 2.66. The number of ether oxygens (including phenoxy) is 1. The summed E-state index contributed by atoms with van der Waals surface area (Å²) in [6, 6.07) is 8.30. The average Bonchev–Trinajstić information content (AvgIpc) is 3.14. The lowest BCUT2D eigenvalue weighted by Gasteiger charge is -2.15. The molecule has 0 saturated heterocycles. The lowest BCUT2D eigenvalue weighted by atomic mass is 9.98. The van der Waals surface area contributed by atoms with E-state index in [0.29, 0.717) is 5.92 Å². The van der Waals surface area contributed by atoms with E-state index in [4.69, 9.17) is 4.74 Å². The van der Waals surface area contributed by atoms with Gasteiger partial charge < -0.3 is 15.4 Å². The highest BCUT2D eigenvalue weighted by Gasteiger charge is 2.07. The second-order valence-corrected chi connectivity index (χ2v) is 7.17. The Morgan fingerprint density at radius 3 is 2.52 bits per heavy atom. The number of nitrogens with zero attached hydrogens (tertiary/aromatic N) is 2. The zero-order chi connectivity index (χ0) is 18.8. The van der Waals surface area contributed by atoms with Crippen molar-refractivity contribution in [1.82, 2.24) is 15.6 Å². The van der Waals surface area contributed by atoms with Crippen LogP contribution in [-0.4, -0.2) is 38.2 Å². The number of nitrogens with one attached hydrogen (secondary N) is 2. The van der Waals surface area contributed by atoms with Crippen molar-refractivity contribution >= 4 is 41.3 Å². The lowest BCUT2D eigenvalue weighted by molar-refractivity contribution is 0.414. The summed E-state index contributed by atoms with van der Waals surface area (Å²) >= 11 is 1.74. The van der Waals surface area contributed by atoms with Gasteiger partial charge in [0.1, 0.15) is 5.75 Å². The molecule has 1 aromatic heterocycles. The molecular formula is C20H31IN4OS. The SMILES string of the molecule is CCc1nc(CCNC(=NC)NCCC(C)c2ccc(OC)cc2)cs1.I. The molecule has 2 aromatic rings. The zero-order valence-corrected chi connectivity index (χ0v) is 19.8. The Morgan fingerprint density at radius 1 is 1.22 bits per heavy atom. The standard InChI is InChI=1S/C20H30N4OS.HI/c1-5-19-24-17(14-26-19)11-13-23-20(21-3)22-12-10-15(2)16-6-8-18(25-4)9-7-16;/h6-9,14-15H,5,10-13H2,1-4H3,(H2,21,22,23);1H. The summed E-state index contributed by atoms with van der Waals surface area (Å²) in [6.07, 6.45) is 2.96. The van der Waals surface area contributed by atoms with Gasteiger partial charge in [0.05, 0.1) is 17.8 Å². The Morgan fingerprint density at radius 2 is 1.93 bits per heavy atom. The largest absolute Gasteiger partial charge is 0.497 e. The molecule has 0 radical (unpaired) electrons. The molecule has 1 unspecified atom stereocenters. The van der Waals surface area contributed by atoms with Crippen molar-refractivity contribution in [3.05, 3.63) is 45.9 Å². The van der Waals surface area contributed by atoms with Gasteiger partial charge in [0.15, 0.2) is 5.96 Å². The van der Waals surface area contributed by atoms with Crippen LogP contribution < -0.4 is 15.4 Å². The second-order valence-electron chi connectivity index (χ2n) is 6.22. The normalized spacial score (nSPS) is 12.2. The number of thiazole rings is 1. The average molecular weight is 502 g/mol. The molecule has 0 aliphatic rings. The van der Waals surface area contributed by atoms with Crippen molar-refractivity contribution in [2.45, 2.75) is 39.0 Å². The highest BCUT2D eigenvalue weighted by Crippen LogP contribution is 2.21. The van der Waals surface area contributed by atoms with Crippen LogP contribution in [-0.2, 0) is 12.8 Å². The zero-order valence-electron chi connectivity index (χ0n) is 16.6. The van der Waals surface area contributed by atoms with E-state index < -0.39 is 0 Å². The van der Waals surface area contributed by atoms with Crippen LogP contribution in [0.15, 0.2) is 34.6 Å². The summed E-state index contributed by atoms with van der Waals surface area (Å²) in [5.74, 6) is 2.22. The molecule has 1 aromatic carbocycles. The molecule has 27 heavy (non-hydrogen) atoms. The van der Waals surface area contributed by atoms with Gasteiger partial charge in [-0.25, -0.2) is 4.98 Å². The maximum Gasteiger partial charge on any atom is 0.190 e. The molecule has 0 aliphatic heterocycles. The first-order valence-electron chi connectivity index (χ1n) is 9.18. The van der Waals surface area contributed by atoms with Crippen molar-refractivity contribution in [3.63, 3.8) is 0 Å². The van der Waals surface area contributed by atoms with Crippen molar-refractivity contribution in [1.29, 1.82) is 0 Å². The van der Waals surface area contributed by atoms with Gasteiger partial charge in [-0.15, -0.1) is 35.3 Å². The van der Waals surface area contributed by atoms with Crippen LogP contribution in [0.5, 0.6) is 5.75 Å². The van der Waals surface area contributed by atoms with Gasteiger partial charge in [-0.2, -0.15) is 0 Å². The van der Waals surface area contributed by atoms with Crippen molar-refractivity contribution < 1.29 is 4.74 Å². The summed E-state index contributed by atoms with van der Waals surface area (Å²) in [5, 5.41) is 10.1. The highest BCUT2D eigenvalue weighted by molar-refractivity contribution is 14.0. The maximum atomic E-state index is 5.21. The Kier molecular flexibility index (Phi) is 11.3. The summed E-state index contributed by atoms with van der Waals surface area (Å²) in [7, 11) is 3.50. The maximum absolute atomic E-state index is 5.21. The molecule has 0 saturated carbocycles. The third-order valence-corrected chi connectivity index (χ3v) is 5.40. The third-order valence-electron chi connectivity index (χ3n) is 4.35. The van der Waals surface area contributed by atoms with E-state index in [9.17, 15) is 0 Å². The Labute approximate surface area is 184 Å². The first kappa shape index (κ1) is 23.7. The molecule has 0 bridgehead atoms. The first-order chi connectivity index (χ1) is 12.7. The van der Waals surface area contributed by atoms with E-state index in [1.54, 1.807) is 25.5 Å². The fourth-order valence-corrected chi connectivity index (χ4v) is 3.44. The number of hydrogen-bond donors (Lipinski definition) is 2. The van der Waals surface area contributed by atoms with Gasteiger partial charge in [-0.1, -0.05) is 26.0 Å². The van der Waals surface area contributed by atoms with Crippen molar-refractivity contribution in [3.8, 4) is 5.75 Å². The second kappa shape index (κ2) is 12.9. The quantitative estimate of drug-likeness (QED) is 0.306. The number of aliphatic imine (C=N–C) groups is 1. The predicted octanol–water partition coefficient (Wildman–Crippen LogP) is 4.23. The third kappa shape index (κ3) is 8.04. The summed E-state index contributed by atoms with van der Waals surface area (Å²) in [6.45, 7) is 6.09. The van der Waals surface area contributed by atoms with Crippen LogP contribution in [0.1, 0.15) is 42.5 Å². The lowest BCUT2D eigenvalue weighted by Crippen LogP contribution is -2.39. The molecule has 1 heterocycles. The van der Waals surface area contributed by atoms with Crippen LogP contribution in [0.25, 0.3) is 0 Å². The number of aromatic nitrogens is 1. The van der Waals surface area contributed by atoms with Gasteiger partial charge >= 0.3 is 0 Å². The predicted molar refractivity (Wildman–Crippen MR) is 126 cm³/mol. The number of halogens is 1. The van der Waals surface area contributed by atoms with Gasteiger partial charge in [-0.05, 0) is 36.5 Å². The Bertz CT molecular complexity index is 688. The van der Waals surface area contributed by atoms with E-state index in [1.807, 2.05) is 12.1 Å². The molecule has 5 nitrogen and oxygen atoms in total. The number of aryl methyl sites for hydroxylation is 1. The number of methoxy groups -OCH3 is 1. The van der Waals surface area contributed by atoms with E-state index in [2.05, 4.69) is 52.0 Å². The van der Waals surface area contributed by atoms with Crippen LogP contribution in [0.4, 0.5) is 0 Å². The van der Waals surface area contributed by atoms with Crippen molar-refractivity contribution in [2.24, 2.45) is 4.99 Å². The smallest absolute Gasteiger partial charge is 0.190 e. The molecule has 0 fully saturated rings. The molecule has 150 valence electrons. The summed E-state index contributed by atoms with van der Waals surface area (Å²) in [4.78, 5) is 8.88. The van der Waals surface area contributed by atoms with E-state index >= 15 is 0 Å². The molecule has 2 rings (SSSR count). The van der Waals surface area contributed by atoms with Crippen LogP contribution >= 0.6 is 35.3 Å². The molecule has 1 atom stereocenters. The fraction of sp³-hybridized carbons (Fsp3) is 0.500. The number of rotatable bonds is 9. The Hall–Kier alpha value is -1.35. The van der Waals surface area contributed by atoms with Crippen LogP contribution in [0.2, 0.25) is 0 Å². The molecule has 0 aliphatic carbocycles. The van der Waals surface area contributed by atoms with Gasteiger partial charge in [0, 0.05) is 31.9 Å². The minimum absolute atomic E-state index is 0. The molecule has 0 amide bonds. The van der Waals surface area contributed by atoms with Crippen LogP contribution in [0, 0.1) is 0 Å². The summed E-state index contributed by atoms with van der Waals surface area (Å²) in [5.41, 5.74) is 2.48. The van der Waals surface area contributed by atoms with E-state index in [-0.39, 0.29) is 24.0 Å². The van der Waals surface area contributed by atoms with E-state index in [1.165, 1.54) is 10.6 Å². The number of hydrogen-bond acceptors (Lipinski definition) is 4. The van der Waals surface area contributed by atoms with E-state index in [0.717, 1.165) is 49.8 Å². The van der Waals surface area contributed by atoms with Crippen molar-refractivity contribution in [2.75, 3.05) is 27.2 Å². The first-order valence-corrected chi connectivity index (χ1v) is 10.1. The molecular weight excluding hydrogens is 471 g/mol. The number of guanidine groups is 1. The highest BCUT2D eigenvalue weighted by atomic mass is 127. The van der Waals surface area contributed by atoms with Gasteiger partial charge in [0.25, 0.3) is 0 Å². The van der Waals surface area contributed by atoms with Gasteiger partial charge in [0.2, 0.25) is 0 Å². The van der Waals surface area contributed by atoms with Crippen LogP contribution in [0.3, 0.4) is 0 Å². The number of benzene rings is 1. The molecule has 7 heteroatoms. The molecule has 0 spiro atoms. The van der Waals surface area contributed by atoms with Gasteiger partial charge in [-0.3, -0.25) is 4.99 Å². The topological polar surface area (TPSA) is 58.5 Å². The monoisotopic (exact) mass is 502 g/mol. The Balaban J connectivity index is 0.00000364.